The minimum absolute atomic E-state index is 0.128. The Morgan fingerprint density at radius 2 is 2.09 bits per heavy atom. The molecule has 0 radical (unpaired) electrons. The highest BCUT2D eigenvalue weighted by Crippen LogP contribution is 2.25. The summed E-state index contributed by atoms with van der Waals surface area (Å²) in [5, 5.41) is 10.6. The van der Waals surface area contributed by atoms with Gasteiger partial charge in [-0.3, -0.25) is 9.78 Å². The topological polar surface area (TPSA) is 72.7 Å². The lowest BCUT2D eigenvalue weighted by Crippen LogP contribution is -2.23. The molecule has 0 saturated heterocycles. The van der Waals surface area contributed by atoms with Crippen molar-refractivity contribution in [2.24, 2.45) is 0 Å². The zero-order valence-electron chi connectivity index (χ0n) is 12.4. The Morgan fingerprint density at radius 1 is 1.26 bits per heavy atom. The van der Waals surface area contributed by atoms with Gasteiger partial charge in [-0.15, -0.1) is 5.10 Å². The Labute approximate surface area is 132 Å². The van der Waals surface area contributed by atoms with Crippen LogP contribution in [-0.2, 0) is 0 Å². The van der Waals surface area contributed by atoms with E-state index in [2.05, 4.69) is 20.6 Å². The van der Waals surface area contributed by atoms with Gasteiger partial charge in [0, 0.05) is 24.5 Å². The molecule has 1 aromatic carbocycles. The summed E-state index contributed by atoms with van der Waals surface area (Å²) in [5.41, 5.74) is 1.37. The van der Waals surface area contributed by atoms with Crippen molar-refractivity contribution in [3.05, 3.63) is 60.3 Å². The molecule has 7 heteroatoms. The number of carbonyl (C=O) groups excluding carboxylic acids is 1. The van der Waals surface area contributed by atoms with Gasteiger partial charge in [-0.05, 0) is 31.2 Å². The van der Waals surface area contributed by atoms with Gasteiger partial charge >= 0.3 is 0 Å². The van der Waals surface area contributed by atoms with E-state index in [9.17, 15) is 9.18 Å². The highest BCUT2D eigenvalue weighted by molar-refractivity contribution is 5.98. The first kappa shape index (κ1) is 14.8. The number of benzene rings is 1. The number of hydrogen-bond donors (Lipinski definition) is 1. The predicted octanol–water partition coefficient (Wildman–Crippen LogP) is 2.22. The molecule has 0 bridgehead atoms. The lowest BCUT2D eigenvalue weighted by atomic mass is 10.1. The number of carbonyl (C=O) groups is 1. The average Bonchev–Trinajstić information content (AvgIpc) is 3.01. The van der Waals surface area contributed by atoms with Gasteiger partial charge in [0.1, 0.15) is 17.2 Å². The molecule has 1 amide bonds. The molecule has 0 aliphatic heterocycles. The third-order valence-electron chi connectivity index (χ3n) is 3.24. The SMILES string of the molecule is CCNC(=O)c1nnn(-c2ccccc2F)c1-c1cccnc1. The van der Waals surface area contributed by atoms with Crippen molar-refractivity contribution < 1.29 is 9.18 Å². The molecule has 3 aromatic rings. The van der Waals surface area contributed by atoms with Gasteiger partial charge in [0.05, 0.1) is 0 Å². The smallest absolute Gasteiger partial charge is 0.274 e. The van der Waals surface area contributed by atoms with E-state index in [0.717, 1.165) is 0 Å². The van der Waals surface area contributed by atoms with Crippen LogP contribution in [0.15, 0.2) is 48.8 Å². The van der Waals surface area contributed by atoms with E-state index in [1.807, 2.05) is 6.92 Å². The molecular formula is C16H14FN5O. The van der Waals surface area contributed by atoms with Crippen LogP contribution < -0.4 is 5.32 Å². The Kier molecular flexibility index (Phi) is 4.09. The van der Waals surface area contributed by atoms with Gasteiger partial charge in [-0.1, -0.05) is 17.3 Å². The van der Waals surface area contributed by atoms with E-state index < -0.39 is 5.82 Å². The van der Waals surface area contributed by atoms with Crippen LogP contribution in [0, 0.1) is 5.82 Å². The summed E-state index contributed by atoms with van der Waals surface area (Å²) >= 11 is 0. The Balaban J connectivity index is 2.22. The quantitative estimate of drug-likeness (QED) is 0.802. The second-order valence-corrected chi connectivity index (χ2v) is 4.75. The molecule has 0 spiro atoms. The van der Waals surface area contributed by atoms with Crippen molar-refractivity contribution in [2.45, 2.75) is 6.92 Å². The highest BCUT2D eigenvalue weighted by atomic mass is 19.1. The van der Waals surface area contributed by atoms with Crippen molar-refractivity contribution >= 4 is 5.91 Å². The average molecular weight is 311 g/mol. The fraction of sp³-hybridized carbons (Fsp3) is 0.125. The van der Waals surface area contributed by atoms with Gasteiger partial charge in [-0.2, -0.15) is 0 Å². The van der Waals surface area contributed by atoms with E-state index >= 15 is 0 Å². The molecule has 2 aromatic heterocycles. The first-order valence-electron chi connectivity index (χ1n) is 7.11. The van der Waals surface area contributed by atoms with Crippen LogP contribution in [0.25, 0.3) is 16.9 Å². The monoisotopic (exact) mass is 311 g/mol. The summed E-state index contributed by atoms with van der Waals surface area (Å²) < 4.78 is 15.4. The van der Waals surface area contributed by atoms with Crippen molar-refractivity contribution in [3.63, 3.8) is 0 Å². The number of nitrogens with one attached hydrogen (secondary N) is 1. The zero-order chi connectivity index (χ0) is 16.2. The van der Waals surface area contributed by atoms with Crippen LogP contribution in [0.4, 0.5) is 4.39 Å². The molecule has 0 aliphatic rings. The minimum atomic E-state index is -0.454. The molecule has 0 atom stereocenters. The van der Waals surface area contributed by atoms with Gasteiger partial charge < -0.3 is 5.32 Å². The first-order valence-corrected chi connectivity index (χ1v) is 7.11. The van der Waals surface area contributed by atoms with Crippen LogP contribution in [0.2, 0.25) is 0 Å². The van der Waals surface area contributed by atoms with E-state index in [4.69, 9.17) is 0 Å². The van der Waals surface area contributed by atoms with Crippen molar-refractivity contribution in [3.8, 4) is 16.9 Å². The van der Waals surface area contributed by atoms with Crippen molar-refractivity contribution in [1.29, 1.82) is 0 Å². The van der Waals surface area contributed by atoms with E-state index in [1.165, 1.54) is 10.7 Å². The third-order valence-corrected chi connectivity index (χ3v) is 3.24. The molecule has 116 valence electrons. The number of halogens is 1. The second-order valence-electron chi connectivity index (χ2n) is 4.75. The third kappa shape index (κ3) is 2.80. The van der Waals surface area contributed by atoms with Crippen molar-refractivity contribution in [1.82, 2.24) is 25.3 Å². The molecule has 6 nitrogen and oxygen atoms in total. The highest BCUT2D eigenvalue weighted by Gasteiger charge is 2.22. The number of amides is 1. The Bertz CT molecular complexity index is 831. The summed E-state index contributed by atoms with van der Waals surface area (Å²) in [7, 11) is 0. The molecule has 3 rings (SSSR count). The molecule has 0 unspecified atom stereocenters. The molecule has 1 N–H and O–H groups in total. The van der Waals surface area contributed by atoms with Crippen LogP contribution in [0.3, 0.4) is 0 Å². The molecule has 2 heterocycles. The largest absolute Gasteiger partial charge is 0.351 e. The van der Waals surface area contributed by atoms with Crippen LogP contribution >= 0.6 is 0 Å². The van der Waals surface area contributed by atoms with Gasteiger partial charge in [0.2, 0.25) is 0 Å². The zero-order valence-corrected chi connectivity index (χ0v) is 12.4. The van der Waals surface area contributed by atoms with Gasteiger partial charge in [-0.25, -0.2) is 9.07 Å². The number of pyridine rings is 1. The van der Waals surface area contributed by atoms with Crippen LogP contribution in [-0.4, -0.2) is 32.4 Å². The number of rotatable bonds is 4. The molecule has 0 aliphatic carbocycles. The molecule has 0 fully saturated rings. The molecular weight excluding hydrogens is 297 g/mol. The summed E-state index contributed by atoms with van der Waals surface area (Å²) in [5.74, 6) is -0.820. The number of nitrogens with zero attached hydrogens (tertiary/aromatic N) is 4. The normalized spacial score (nSPS) is 10.5. The number of para-hydroxylation sites is 1. The maximum Gasteiger partial charge on any atom is 0.274 e. The minimum Gasteiger partial charge on any atom is -0.351 e. The predicted molar refractivity (Wildman–Crippen MR) is 82.6 cm³/mol. The first-order chi connectivity index (χ1) is 11.2. The maximum absolute atomic E-state index is 14.1. The summed E-state index contributed by atoms with van der Waals surface area (Å²) in [6, 6.07) is 9.69. The van der Waals surface area contributed by atoms with Gasteiger partial charge in [0.15, 0.2) is 5.69 Å². The second kappa shape index (κ2) is 6.35. The van der Waals surface area contributed by atoms with Crippen LogP contribution in [0.5, 0.6) is 0 Å². The number of aromatic nitrogens is 4. The summed E-state index contributed by atoms with van der Waals surface area (Å²) in [4.78, 5) is 16.3. The Hall–Kier alpha value is -3.09. The fourth-order valence-electron chi connectivity index (χ4n) is 2.23. The fourth-order valence-corrected chi connectivity index (χ4v) is 2.23. The maximum atomic E-state index is 14.1. The summed E-state index contributed by atoms with van der Waals surface area (Å²) in [6.07, 6.45) is 3.20. The van der Waals surface area contributed by atoms with E-state index in [0.29, 0.717) is 17.8 Å². The lowest BCUT2D eigenvalue weighted by molar-refractivity contribution is 0.0951. The standard InChI is InChI=1S/C16H14FN5O/c1-2-19-16(23)14-15(11-6-5-9-18-10-11)22(21-20-14)13-8-4-3-7-12(13)17/h3-10H,2H2,1H3,(H,19,23). The molecule has 23 heavy (non-hydrogen) atoms. The van der Waals surface area contributed by atoms with E-state index in [-0.39, 0.29) is 17.3 Å². The summed E-state index contributed by atoms with van der Waals surface area (Å²) in [6.45, 7) is 2.26. The van der Waals surface area contributed by atoms with E-state index in [1.54, 1.807) is 42.7 Å². The Morgan fingerprint density at radius 3 is 2.78 bits per heavy atom. The lowest BCUT2D eigenvalue weighted by Gasteiger charge is -2.08. The van der Waals surface area contributed by atoms with Crippen molar-refractivity contribution in [2.75, 3.05) is 6.54 Å². The van der Waals surface area contributed by atoms with Gasteiger partial charge in [0.25, 0.3) is 5.91 Å². The molecule has 0 saturated carbocycles. The number of hydrogen-bond acceptors (Lipinski definition) is 4. The van der Waals surface area contributed by atoms with Crippen LogP contribution in [0.1, 0.15) is 17.4 Å².